The Hall–Kier alpha value is -2.56. The molecule has 2 aromatic heterocycles. The van der Waals surface area contributed by atoms with Gasteiger partial charge >= 0.3 is 6.09 Å². The number of hydrogen-bond donors (Lipinski definition) is 1. The number of alkyl carbamates (subject to hydrolysis) is 1. The fraction of sp³-hybridized carbons (Fsp3) is 0.719. The van der Waals surface area contributed by atoms with Crippen LogP contribution < -0.4 is 10.1 Å². The van der Waals surface area contributed by atoms with Crippen molar-refractivity contribution in [3.8, 4) is 5.88 Å². The third kappa shape index (κ3) is 8.08. The number of amides is 1. The summed E-state index contributed by atoms with van der Waals surface area (Å²) in [6, 6.07) is 3.63. The Balaban J connectivity index is 1.11. The number of ether oxygens (including phenoxy) is 5. The number of aromatic nitrogens is 2. The van der Waals surface area contributed by atoms with Gasteiger partial charge in [-0.1, -0.05) is 0 Å². The van der Waals surface area contributed by atoms with E-state index in [9.17, 15) is 4.79 Å². The summed E-state index contributed by atoms with van der Waals surface area (Å²) in [6.45, 7) is 8.01. The number of fused-ring (bicyclic) bond motifs is 4. The van der Waals surface area contributed by atoms with Crippen molar-refractivity contribution in [1.82, 2.24) is 15.3 Å². The summed E-state index contributed by atoms with van der Waals surface area (Å²) in [5.74, 6) is 0.115. The maximum absolute atomic E-state index is 15.1. The summed E-state index contributed by atoms with van der Waals surface area (Å²) >= 11 is 0. The first-order valence-electron chi connectivity index (χ1n) is 15.6. The minimum absolute atomic E-state index is 0.0443. The minimum Gasteiger partial charge on any atom is -0.478 e. The second-order valence-electron chi connectivity index (χ2n) is 13.1. The number of aryl methyl sites for hydroxylation is 1. The SMILES string of the molecule is CC(C)(C)OC(=O)NC12CCC(CCc3c(F)cnc4ccc(OCCCCCOC5CCCCO5)nc34)(CC1)OC2. The van der Waals surface area contributed by atoms with Gasteiger partial charge in [0.25, 0.3) is 0 Å². The number of nitrogens with zero attached hydrogens (tertiary/aromatic N) is 2. The van der Waals surface area contributed by atoms with Crippen LogP contribution in [0.1, 0.15) is 97.0 Å². The molecule has 10 heteroatoms. The highest BCUT2D eigenvalue weighted by molar-refractivity contribution is 5.78. The standard InChI is InChI=1S/C32H46FN3O6/c1-30(2,3)42-29(37)36-31-14-16-32(17-15-31,41-22-31)13-12-23-24(33)21-34-25-10-11-26(35-28(23)25)38-18-6-4-7-19-39-27-9-5-8-20-40-27/h10-11,21,27H,4-9,12-20,22H2,1-3H3,(H,36,37). The van der Waals surface area contributed by atoms with E-state index >= 15 is 4.39 Å². The molecule has 0 aromatic carbocycles. The lowest BCUT2D eigenvalue weighted by Crippen LogP contribution is -2.63. The average Bonchev–Trinajstić information content (AvgIpc) is 2.96. The quantitative estimate of drug-likeness (QED) is 0.285. The first kappa shape index (κ1) is 30.9. The van der Waals surface area contributed by atoms with Crippen molar-refractivity contribution in [3.63, 3.8) is 0 Å². The Morgan fingerprint density at radius 3 is 2.64 bits per heavy atom. The summed E-state index contributed by atoms with van der Waals surface area (Å²) in [5.41, 5.74) is 0.442. The highest BCUT2D eigenvalue weighted by Gasteiger charge is 2.50. The van der Waals surface area contributed by atoms with E-state index in [0.29, 0.717) is 55.1 Å². The number of carbonyl (C=O) groups is 1. The molecule has 1 atom stereocenters. The van der Waals surface area contributed by atoms with E-state index in [0.717, 1.165) is 64.4 Å². The van der Waals surface area contributed by atoms with Gasteiger partial charge in [0.05, 0.1) is 41.6 Å². The van der Waals surface area contributed by atoms with Crippen LogP contribution >= 0.6 is 0 Å². The van der Waals surface area contributed by atoms with Crippen molar-refractivity contribution < 1.29 is 32.9 Å². The van der Waals surface area contributed by atoms with E-state index in [1.165, 1.54) is 12.6 Å². The average molecular weight is 588 g/mol. The molecule has 6 rings (SSSR count). The normalized spacial score (nSPS) is 25.9. The molecular weight excluding hydrogens is 541 g/mol. The fourth-order valence-electron chi connectivity index (χ4n) is 6.13. The van der Waals surface area contributed by atoms with Crippen molar-refractivity contribution >= 4 is 17.1 Å². The topological polar surface area (TPSA) is 101 Å². The van der Waals surface area contributed by atoms with Crippen LogP contribution in [0, 0.1) is 5.82 Å². The van der Waals surface area contributed by atoms with Crippen LogP contribution in [-0.4, -0.2) is 65.5 Å². The Labute approximate surface area is 248 Å². The number of hydrogen-bond acceptors (Lipinski definition) is 8. The zero-order valence-electron chi connectivity index (χ0n) is 25.3. The predicted octanol–water partition coefficient (Wildman–Crippen LogP) is 6.40. The molecular formula is C32H46FN3O6. The van der Waals surface area contributed by atoms with E-state index in [1.807, 2.05) is 26.8 Å². The van der Waals surface area contributed by atoms with Crippen LogP contribution in [0.3, 0.4) is 0 Å². The molecule has 1 amide bonds. The highest BCUT2D eigenvalue weighted by atomic mass is 19.1. The van der Waals surface area contributed by atoms with Gasteiger partial charge in [0.2, 0.25) is 5.88 Å². The van der Waals surface area contributed by atoms with Crippen LogP contribution in [0.15, 0.2) is 18.3 Å². The van der Waals surface area contributed by atoms with Gasteiger partial charge in [-0.2, -0.15) is 0 Å². The van der Waals surface area contributed by atoms with Gasteiger partial charge in [-0.25, -0.2) is 14.2 Å². The van der Waals surface area contributed by atoms with Crippen LogP contribution in [0.4, 0.5) is 9.18 Å². The Kier molecular flexibility index (Phi) is 9.84. The predicted molar refractivity (Wildman–Crippen MR) is 156 cm³/mol. The molecule has 0 spiro atoms. The summed E-state index contributed by atoms with van der Waals surface area (Å²) in [4.78, 5) is 21.3. The molecule has 5 heterocycles. The number of pyridine rings is 2. The van der Waals surface area contributed by atoms with Crippen molar-refractivity contribution in [2.45, 2.75) is 121 Å². The van der Waals surface area contributed by atoms with Gasteiger partial charge in [0.1, 0.15) is 11.4 Å². The second-order valence-corrected chi connectivity index (χ2v) is 13.1. The molecule has 3 saturated heterocycles. The summed E-state index contributed by atoms with van der Waals surface area (Å²) < 4.78 is 44.2. The molecule has 1 unspecified atom stereocenters. The maximum atomic E-state index is 15.1. The monoisotopic (exact) mass is 587 g/mol. The Bertz CT molecular complexity index is 1190. The zero-order chi connectivity index (χ0) is 29.6. The third-order valence-electron chi connectivity index (χ3n) is 8.59. The smallest absolute Gasteiger partial charge is 0.408 e. The van der Waals surface area contributed by atoms with Crippen molar-refractivity contribution in [3.05, 3.63) is 29.7 Å². The minimum atomic E-state index is -0.551. The number of nitrogens with one attached hydrogen (secondary N) is 1. The molecule has 2 aromatic rings. The van der Waals surface area contributed by atoms with E-state index < -0.39 is 17.2 Å². The van der Waals surface area contributed by atoms with Gasteiger partial charge in [-0.05, 0) is 104 Å². The van der Waals surface area contributed by atoms with E-state index in [4.69, 9.17) is 23.7 Å². The molecule has 4 aliphatic rings. The number of halogens is 1. The third-order valence-corrected chi connectivity index (χ3v) is 8.59. The molecule has 2 bridgehead atoms. The molecule has 4 fully saturated rings. The largest absolute Gasteiger partial charge is 0.478 e. The highest BCUT2D eigenvalue weighted by Crippen LogP contribution is 2.46. The van der Waals surface area contributed by atoms with Crippen LogP contribution in [-0.2, 0) is 25.4 Å². The van der Waals surface area contributed by atoms with Crippen molar-refractivity contribution in [2.24, 2.45) is 0 Å². The number of rotatable bonds is 12. The second kappa shape index (κ2) is 13.4. The fourth-order valence-corrected chi connectivity index (χ4v) is 6.13. The molecule has 9 nitrogen and oxygen atoms in total. The lowest BCUT2D eigenvalue weighted by Gasteiger charge is -2.53. The van der Waals surface area contributed by atoms with E-state index in [1.54, 1.807) is 6.07 Å². The summed E-state index contributed by atoms with van der Waals surface area (Å²) in [7, 11) is 0. The number of carbonyl (C=O) groups excluding carboxylic acids is 1. The van der Waals surface area contributed by atoms with Gasteiger partial charge < -0.3 is 29.0 Å². The van der Waals surface area contributed by atoms with Gasteiger partial charge in [-0.15, -0.1) is 0 Å². The van der Waals surface area contributed by atoms with Gasteiger partial charge in [-0.3, -0.25) is 4.98 Å². The first-order valence-corrected chi connectivity index (χ1v) is 15.6. The van der Waals surface area contributed by atoms with E-state index in [2.05, 4.69) is 15.3 Å². The molecule has 3 aliphatic heterocycles. The van der Waals surface area contributed by atoms with Crippen molar-refractivity contribution in [2.75, 3.05) is 26.4 Å². The maximum Gasteiger partial charge on any atom is 0.408 e. The first-order chi connectivity index (χ1) is 20.1. The van der Waals surface area contributed by atoms with Gasteiger partial charge in [0.15, 0.2) is 6.29 Å². The van der Waals surface area contributed by atoms with E-state index in [-0.39, 0.29) is 17.7 Å². The van der Waals surface area contributed by atoms with Gasteiger partial charge in [0, 0.05) is 24.8 Å². The number of unbranched alkanes of at least 4 members (excludes halogenated alkanes) is 2. The molecule has 232 valence electrons. The molecule has 1 aliphatic carbocycles. The molecule has 1 N–H and O–H groups in total. The summed E-state index contributed by atoms with van der Waals surface area (Å²) in [5, 5.41) is 3.06. The van der Waals surface area contributed by atoms with Crippen LogP contribution in [0.5, 0.6) is 5.88 Å². The summed E-state index contributed by atoms with van der Waals surface area (Å²) in [6.07, 6.45) is 11.3. The van der Waals surface area contributed by atoms with Crippen LogP contribution in [0.2, 0.25) is 0 Å². The molecule has 42 heavy (non-hydrogen) atoms. The van der Waals surface area contributed by atoms with Crippen molar-refractivity contribution in [1.29, 1.82) is 0 Å². The zero-order valence-corrected chi connectivity index (χ0v) is 25.3. The lowest BCUT2D eigenvalue weighted by atomic mass is 9.69. The Morgan fingerprint density at radius 1 is 1.12 bits per heavy atom. The lowest BCUT2D eigenvalue weighted by molar-refractivity contribution is -0.163. The molecule has 1 saturated carbocycles. The molecule has 0 radical (unpaired) electrons. The van der Waals surface area contributed by atoms with Crippen LogP contribution in [0.25, 0.3) is 11.0 Å². The Morgan fingerprint density at radius 2 is 1.93 bits per heavy atom.